The van der Waals surface area contributed by atoms with Gasteiger partial charge in [-0.05, 0) is 18.1 Å². The van der Waals surface area contributed by atoms with E-state index in [1.165, 1.54) is 0 Å². The predicted octanol–water partition coefficient (Wildman–Crippen LogP) is 4.40. The zero-order valence-electron chi connectivity index (χ0n) is 10.8. The first-order valence-corrected chi connectivity index (χ1v) is 7.59. The van der Waals surface area contributed by atoms with Crippen molar-refractivity contribution < 1.29 is 4.42 Å². The SMILES string of the molecule is O=c1oc2ccccc2c(-c2ccccc2)c1CCBr. The molecule has 100 valence electrons. The van der Waals surface area contributed by atoms with Gasteiger partial charge < -0.3 is 4.42 Å². The Labute approximate surface area is 125 Å². The maximum atomic E-state index is 12.2. The van der Waals surface area contributed by atoms with E-state index in [-0.39, 0.29) is 5.63 Å². The Morgan fingerprint density at radius 1 is 0.950 bits per heavy atom. The van der Waals surface area contributed by atoms with Crippen molar-refractivity contribution in [3.8, 4) is 11.1 Å². The molecule has 0 spiro atoms. The number of fused-ring (bicyclic) bond motifs is 1. The molecule has 0 aliphatic carbocycles. The lowest BCUT2D eigenvalue weighted by Crippen LogP contribution is -2.10. The first-order chi connectivity index (χ1) is 9.81. The maximum absolute atomic E-state index is 12.2. The van der Waals surface area contributed by atoms with Crippen LogP contribution in [0.1, 0.15) is 5.56 Å². The second-order valence-electron chi connectivity index (χ2n) is 4.54. The molecule has 0 radical (unpaired) electrons. The molecule has 1 heterocycles. The van der Waals surface area contributed by atoms with Crippen LogP contribution in [0.25, 0.3) is 22.1 Å². The monoisotopic (exact) mass is 328 g/mol. The van der Waals surface area contributed by atoms with Crippen LogP contribution < -0.4 is 5.63 Å². The standard InChI is InChI=1S/C17H13BrO2/c18-11-10-14-16(12-6-2-1-3-7-12)13-8-4-5-9-15(13)20-17(14)19/h1-9H,10-11H2. The van der Waals surface area contributed by atoms with Gasteiger partial charge in [0.2, 0.25) is 0 Å². The van der Waals surface area contributed by atoms with Gasteiger partial charge >= 0.3 is 5.63 Å². The molecule has 0 amide bonds. The van der Waals surface area contributed by atoms with Crippen molar-refractivity contribution in [3.05, 3.63) is 70.6 Å². The third kappa shape index (κ3) is 2.29. The van der Waals surface area contributed by atoms with Crippen LogP contribution in [0.4, 0.5) is 0 Å². The number of alkyl halides is 1. The van der Waals surface area contributed by atoms with Crippen LogP contribution in [0.15, 0.2) is 63.8 Å². The molecule has 1 aromatic heterocycles. The molecule has 0 aliphatic rings. The largest absolute Gasteiger partial charge is 0.422 e. The summed E-state index contributed by atoms with van der Waals surface area (Å²) in [6, 6.07) is 17.7. The van der Waals surface area contributed by atoms with E-state index >= 15 is 0 Å². The molecule has 0 saturated carbocycles. The smallest absolute Gasteiger partial charge is 0.340 e. The van der Waals surface area contributed by atoms with Crippen molar-refractivity contribution in [1.82, 2.24) is 0 Å². The lowest BCUT2D eigenvalue weighted by molar-refractivity contribution is 0.552. The average molecular weight is 329 g/mol. The van der Waals surface area contributed by atoms with Gasteiger partial charge in [0, 0.05) is 21.8 Å². The summed E-state index contributed by atoms with van der Waals surface area (Å²) in [6.07, 6.45) is 0.650. The molecule has 2 aromatic carbocycles. The van der Waals surface area contributed by atoms with Crippen molar-refractivity contribution in [1.29, 1.82) is 0 Å². The second kappa shape index (κ2) is 5.63. The first kappa shape index (κ1) is 13.1. The van der Waals surface area contributed by atoms with Gasteiger partial charge in [-0.3, -0.25) is 0 Å². The highest BCUT2D eigenvalue weighted by atomic mass is 79.9. The van der Waals surface area contributed by atoms with Crippen molar-refractivity contribution in [2.45, 2.75) is 6.42 Å². The summed E-state index contributed by atoms with van der Waals surface area (Å²) >= 11 is 3.41. The van der Waals surface area contributed by atoms with Crippen LogP contribution in [0.3, 0.4) is 0 Å². The third-order valence-corrected chi connectivity index (χ3v) is 3.71. The molecule has 0 N–H and O–H groups in total. The Kier molecular flexibility index (Phi) is 3.70. The molecule has 0 unspecified atom stereocenters. The molecular weight excluding hydrogens is 316 g/mol. The van der Waals surface area contributed by atoms with Crippen LogP contribution in [0, 0.1) is 0 Å². The van der Waals surface area contributed by atoms with Gasteiger partial charge in [0.15, 0.2) is 0 Å². The number of hydrogen-bond acceptors (Lipinski definition) is 2. The summed E-state index contributed by atoms with van der Waals surface area (Å²) in [6.45, 7) is 0. The molecule has 0 fully saturated rings. The van der Waals surface area contributed by atoms with Gasteiger partial charge in [-0.1, -0.05) is 64.5 Å². The summed E-state index contributed by atoms with van der Waals surface area (Å²) in [5.41, 5.74) is 3.15. The fourth-order valence-electron chi connectivity index (χ4n) is 2.44. The van der Waals surface area contributed by atoms with Gasteiger partial charge in [-0.25, -0.2) is 4.79 Å². The van der Waals surface area contributed by atoms with Crippen LogP contribution in [0.5, 0.6) is 0 Å². The van der Waals surface area contributed by atoms with E-state index in [0.29, 0.717) is 12.0 Å². The van der Waals surface area contributed by atoms with E-state index < -0.39 is 0 Å². The molecular formula is C17H13BrO2. The molecule has 3 rings (SSSR count). The van der Waals surface area contributed by atoms with E-state index in [1.807, 2.05) is 54.6 Å². The van der Waals surface area contributed by atoms with Gasteiger partial charge in [0.25, 0.3) is 0 Å². The second-order valence-corrected chi connectivity index (χ2v) is 5.34. The lowest BCUT2D eigenvalue weighted by atomic mass is 9.96. The maximum Gasteiger partial charge on any atom is 0.340 e. The highest BCUT2D eigenvalue weighted by molar-refractivity contribution is 9.09. The number of halogens is 1. The molecule has 3 heteroatoms. The molecule has 0 saturated heterocycles. The Bertz CT molecular complexity index is 791. The summed E-state index contributed by atoms with van der Waals surface area (Å²) in [5, 5.41) is 1.71. The minimum atomic E-state index is -0.248. The van der Waals surface area contributed by atoms with E-state index in [1.54, 1.807) is 0 Å². The van der Waals surface area contributed by atoms with Crippen LogP contribution >= 0.6 is 15.9 Å². The van der Waals surface area contributed by atoms with Crippen molar-refractivity contribution in [2.75, 3.05) is 5.33 Å². The number of hydrogen-bond donors (Lipinski definition) is 0. The fourth-order valence-corrected chi connectivity index (χ4v) is 2.84. The van der Waals surface area contributed by atoms with Crippen LogP contribution in [0.2, 0.25) is 0 Å². The number of benzene rings is 2. The molecule has 2 nitrogen and oxygen atoms in total. The number of para-hydroxylation sites is 1. The van der Waals surface area contributed by atoms with Gasteiger partial charge in [-0.15, -0.1) is 0 Å². The Hall–Kier alpha value is -1.87. The third-order valence-electron chi connectivity index (χ3n) is 3.31. The van der Waals surface area contributed by atoms with Gasteiger partial charge in [-0.2, -0.15) is 0 Å². The van der Waals surface area contributed by atoms with Crippen LogP contribution in [-0.2, 0) is 6.42 Å². The molecule has 0 bridgehead atoms. The summed E-state index contributed by atoms with van der Waals surface area (Å²) < 4.78 is 5.43. The fraction of sp³-hybridized carbons (Fsp3) is 0.118. The first-order valence-electron chi connectivity index (χ1n) is 6.47. The van der Waals surface area contributed by atoms with Crippen molar-refractivity contribution >= 4 is 26.9 Å². The van der Waals surface area contributed by atoms with E-state index in [0.717, 1.165) is 27.4 Å². The Balaban J connectivity index is 2.42. The highest BCUT2D eigenvalue weighted by Gasteiger charge is 2.15. The number of rotatable bonds is 3. The van der Waals surface area contributed by atoms with Gasteiger partial charge in [0.05, 0.1) is 0 Å². The normalized spacial score (nSPS) is 10.8. The van der Waals surface area contributed by atoms with E-state index in [4.69, 9.17) is 4.42 Å². The molecule has 20 heavy (non-hydrogen) atoms. The van der Waals surface area contributed by atoms with Crippen LogP contribution in [-0.4, -0.2) is 5.33 Å². The summed E-state index contributed by atoms with van der Waals surface area (Å²) in [7, 11) is 0. The Morgan fingerprint density at radius 3 is 2.40 bits per heavy atom. The van der Waals surface area contributed by atoms with E-state index in [9.17, 15) is 4.79 Å². The zero-order valence-corrected chi connectivity index (χ0v) is 12.4. The lowest BCUT2D eigenvalue weighted by Gasteiger charge is -2.11. The summed E-state index contributed by atoms with van der Waals surface area (Å²) in [5.74, 6) is 0. The molecule has 3 aromatic rings. The van der Waals surface area contributed by atoms with Gasteiger partial charge in [0.1, 0.15) is 5.58 Å². The van der Waals surface area contributed by atoms with Crippen molar-refractivity contribution in [3.63, 3.8) is 0 Å². The Morgan fingerprint density at radius 2 is 1.65 bits per heavy atom. The highest BCUT2D eigenvalue weighted by Crippen LogP contribution is 2.30. The zero-order chi connectivity index (χ0) is 13.9. The van der Waals surface area contributed by atoms with E-state index in [2.05, 4.69) is 15.9 Å². The average Bonchev–Trinajstić information content (AvgIpc) is 2.49. The predicted molar refractivity (Wildman–Crippen MR) is 85.4 cm³/mol. The summed E-state index contributed by atoms with van der Waals surface area (Å²) in [4.78, 5) is 12.2. The van der Waals surface area contributed by atoms with Crippen molar-refractivity contribution in [2.24, 2.45) is 0 Å². The molecule has 0 atom stereocenters. The minimum absolute atomic E-state index is 0.248. The quantitative estimate of drug-likeness (QED) is 0.527. The minimum Gasteiger partial charge on any atom is -0.422 e. The molecule has 0 aliphatic heterocycles. The topological polar surface area (TPSA) is 30.2 Å².